The van der Waals surface area contributed by atoms with Crippen molar-refractivity contribution < 1.29 is 14.3 Å². The molecule has 106 valence electrons. The Morgan fingerprint density at radius 2 is 2.25 bits per heavy atom. The molecular formula is C12H10Cl2N2O3S. The van der Waals surface area contributed by atoms with Crippen molar-refractivity contribution >= 4 is 52.5 Å². The van der Waals surface area contributed by atoms with Gasteiger partial charge in [-0.05, 0) is 12.1 Å². The van der Waals surface area contributed by atoms with Crippen molar-refractivity contribution in [1.29, 1.82) is 0 Å². The van der Waals surface area contributed by atoms with E-state index >= 15 is 0 Å². The third kappa shape index (κ3) is 1.82. The SMILES string of the molecule is CCC[C@]12OC(=O)C(=O)N1c1ccc(Cl)nc1S[C@H]2Cl. The number of hydrogen-bond donors (Lipinski definition) is 0. The van der Waals surface area contributed by atoms with Crippen LogP contribution in [0.5, 0.6) is 0 Å². The number of fused-ring (bicyclic) bond motifs is 3. The number of esters is 1. The van der Waals surface area contributed by atoms with Crippen LogP contribution in [-0.2, 0) is 14.3 Å². The first-order valence-electron chi connectivity index (χ1n) is 6.04. The van der Waals surface area contributed by atoms with Gasteiger partial charge in [0.05, 0.1) is 5.69 Å². The molecule has 1 saturated heterocycles. The van der Waals surface area contributed by atoms with Gasteiger partial charge in [0.15, 0.2) is 0 Å². The van der Waals surface area contributed by atoms with Gasteiger partial charge in [-0.2, -0.15) is 0 Å². The van der Waals surface area contributed by atoms with E-state index in [1.54, 1.807) is 12.1 Å². The summed E-state index contributed by atoms with van der Waals surface area (Å²) in [4.78, 5) is 29.3. The highest BCUT2D eigenvalue weighted by molar-refractivity contribution is 8.01. The van der Waals surface area contributed by atoms with Gasteiger partial charge in [0.2, 0.25) is 5.72 Å². The number of carbonyl (C=O) groups is 2. The molecule has 2 aliphatic rings. The Labute approximate surface area is 129 Å². The Morgan fingerprint density at radius 1 is 1.50 bits per heavy atom. The van der Waals surface area contributed by atoms with Crippen molar-refractivity contribution in [3.05, 3.63) is 17.3 Å². The zero-order chi connectivity index (χ0) is 14.5. The monoisotopic (exact) mass is 332 g/mol. The first-order chi connectivity index (χ1) is 9.49. The van der Waals surface area contributed by atoms with Crippen molar-refractivity contribution in [3.8, 4) is 0 Å². The van der Waals surface area contributed by atoms with Gasteiger partial charge >= 0.3 is 11.9 Å². The molecule has 0 spiro atoms. The summed E-state index contributed by atoms with van der Waals surface area (Å²) in [6.07, 6.45) is 1.19. The summed E-state index contributed by atoms with van der Waals surface area (Å²) in [5, 5.41) is 0.831. The van der Waals surface area contributed by atoms with E-state index in [2.05, 4.69) is 4.98 Å². The fraction of sp³-hybridized carbons (Fsp3) is 0.417. The maximum atomic E-state index is 12.1. The van der Waals surface area contributed by atoms with Crippen LogP contribution < -0.4 is 4.90 Å². The minimum atomic E-state index is -1.14. The standard InChI is InChI=1S/C12H10Cl2N2O3S/c1-2-5-12-11(14)20-8-6(3-4-7(13)15-8)16(12)9(17)10(18)19-12/h3-4,11H,2,5H2,1H3/t11-,12-/m1/s1. The highest BCUT2D eigenvalue weighted by Gasteiger charge is 2.60. The number of alkyl halides is 1. The predicted molar refractivity (Wildman–Crippen MR) is 76.0 cm³/mol. The number of anilines is 1. The normalized spacial score (nSPS) is 28.1. The second-order valence-corrected chi connectivity index (χ2v) is 6.69. The minimum Gasteiger partial charge on any atom is -0.429 e. The van der Waals surface area contributed by atoms with E-state index in [1.165, 1.54) is 16.7 Å². The van der Waals surface area contributed by atoms with Crippen molar-refractivity contribution in [1.82, 2.24) is 4.98 Å². The van der Waals surface area contributed by atoms with Crippen molar-refractivity contribution in [3.63, 3.8) is 0 Å². The first-order valence-corrected chi connectivity index (χ1v) is 7.74. The Balaban J connectivity index is 2.18. The second-order valence-electron chi connectivity index (χ2n) is 4.52. The Morgan fingerprint density at radius 3 is 2.95 bits per heavy atom. The molecule has 1 aromatic heterocycles. The van der Waals surface area contributed by atoms with Gasteiger partial charge in [0.1, 0.15) is 14.9 Å². The van der Waals surface area contributed by atoms with Gasteiger partial charge in [-0.1, -0.05) is 36.7 Å². The van der Waals surface area contributed by atoms with Crippen LogP contribution in [0.15, 0.2) is 17.2 Å². The van der Waals surface area contributed by atoms with Crippen LogP contribution in [0.25, 0.3) is 0 Å². The van der Waals surface area contributed by atoms with E-state index in [0.717, 1.165) is 6.42 Å². The molecule has 0 bridgehead atoms. The summed E-state index contributed by atoms with van der Waals surface area (Å²) >= 11 is 13.5. The lowest BCUT2D eigenvalue weighted by atomic mass is 10.1. The first kappa shape index (κ1) is 14.0. The van der Waals surface area contributed by atoms with Crippen LogP contribution in [0.2, 0.25) is 5.15 Å². The molecule has 1 aromatic rings. The molecule has 0 unspecified atom stereocenters. The van der Waals surface area contributed by atoms with Crippen molar-refractivity contribution in [2.45, 2.75) is 35.2 Å². The van der Waals surface area contributed by atoms with Gasteiger partial charge in [-0.25, -0.2) is 9.78 Å². The minimum absolute atomic E-state index is 0.307. The summed E-state index contributed by atoms with van der Waals surface area (Å²) in [5.74, 6) is -1.60. The van der Waals surface area contributed by atoms with Gasteiger partial charge in [-0.15, -0.1) is 11.6 Å². The number of rotatable bonds is 2. The maximum Gasteiger partial charge on any atom is 0.399 e. The van der Waals surface area contributed by atoms with Gasteiger partial charge in [0.25, 0.3) is 0 Å². The average Bonchev–Trinajstić information content (AvgIpc) is 2.64. The lowest BCUT2D eigenvalue weighted by Crippen LogP contribution is -2.54. The van der Waals surface area contributed by atoms with Crippen LogP contribution in [0.1, 0.15) is 19.8 Å². The van der Waals surface area contributed by atoms with Crippen molar-refractivity contribution in [2.24, 2.45) is 0 Å². The second kappa shape index (κ2) is 4.79. The van der Waals surface area contributed by atoms with E-state index in [-0.39, 0.29) is 0 Å². The largest absolute Gasteiger partial charge is 0.429 e. The third-order valence-electron chi connectivity index (χ3n) is 3.25. The molecule has 2 atom stereocenters. The molecule has 1 fully saturated rings. The molecule has 8 heteroatoms. The summed E-state index contributed by atoms with van der Waals surface area (Å²) in [6, 6.07) is 3.23. The summed E-state index contributed by atoms with van der Waals surface area (Å²) < 4.78 is 4.70. The van der Waals surface area contributed by atoms with Gasteiger partial charge in [0, 0.05) is 6.42 Å². The summed E-state index contributed by atoms with van der Waals surface area (Å²) in [7, 11) is 0. The van der Waals surface area contributed by atoms with Gasteiger partial charge in [-0.3, -0.25) is 9.69 Å². The lowest BCUT2D eigenvalue weighted by molar-refractivity contribution is -0.153. The maximum absolute atomic E-state index is 12.1. The molecule has 0 aliphatic carbocycles. The van der Waals surface area contributed by atoms with E-state index in [0.29, 0.717) is 22.3 Å². The molecule has 2 aliphatic heterocycles. The van der Waals surface area contributed by atoms with Crippen LogP contribution in [0.4, 0.5) is 5.69 Å². The summed E-state index contributed by atoms with van der Waals surface area (Å²) in [5.41, 5.74) is -0.627. The van der Waals surface area contributed by atoms with Crippen LogP contribution in [-0.4, -0.2) is 27.3 Å². The number of nitrogens with zero attached hydrogens (tertiary/aromatic N) is 2. The third-order valence-corrected chi connectivity index (χ3v) is 5.17. The molecule has 3 rings (SSSR count). The van der Waals surface area contributed by atoms with Crippen molar-refractivity contribution in [2.75, 3.05) is 4.90 Å². The number of halogens is 2. The van der Waals surface area contributed by atoms with Crippen LogP contribution >= 0.6 is 35.0 Å². The summed E-state index contributed by atoms with van der Waals surface area (Å²) in [6.45, 7) is 1.94. The number of hydrogen-bond acceptors (Lipinski definition) is 5. The molecule has 3 heterocycles. The molecule has 1 amide bonds. The van der Waals surface area contributed by atoms with E-state index in [9.17, 15) is 9.59 Å². The lowest BCUT2D eigenvalue weighted by Gasteiger charge is -2.42. The zero-order valence-corrected chi connectivity index (χ0v) is 12.8. The number of pyridine rings is 1. The highest BCUT2D eigenvalue weighted by Crippen LogP contribution is 2.52. The molecule has 5 nitrogen and oxygen atoms in total. The van der Waals surface area contributed by atoms with E-state index in [4.69, 9.17) is 27.9 Å². The number of carbonyl (C=O) groups excluding carboxylic acids is 2. The molecule has 20 heavy (non-hydrogen) atoms. The zero-order valence-electron chi connectivity index (χ0n) is 10.4. The molecule has 0 radical (unpaired) electrons. The predicted octanol–water partition coefficient (Wildman–Crippen LogP) is 2.79. The van der Waals surface area contributed by atoms with Crippen LogP contribution in [0.3, 0.4) is 0 Å². The molecular weight excluding hydrogens is 323 g/mol. The molecule has 0 N–H and O–H groups in total. The van der Waals surface area contributed by atoms with Gasteiger partial charge < -0.3 is 4.74 Å². The number of amides is 1. The Kier molecular flexibility index (Phi) is 3.35. The number of ether oxygens (including phenoxy) is 1. The topological polar surface area (TPSA) is 59.5 Å². The smallest absolute Gasteiger partial charge is 0.399 e. The fourth-order valence-corrected chi connectivity index (χ4v) is 4.25. The molecule has 0 saturated carbocycles. The quantitative estimate of drug-likeness (QED) is 0.360. The average molecular weight is 333 g/mol. The van der Waals surface area contributed by atoms with E-state index in [1.807, 2.05) is 6.92 Å². The Hall–Kier alpha value is -0.980. The molecule has 0 aromatic carbocycles. The number of thioether (sulfide) groups is 1. The van der Waals surface area contributed by atoms with E-state index < -0.39 is 22.3 Å². The highest BCUT2D eigenvalue weighted by atomic mass is 35.5. The number of aromatic nitrogens is 1. The van der Waals surface area contributed by atoms with Crippen LogP contribution in [0, 0.1) is 0 Å². The Bertz CT molecular complexity index is 612. The fourth-order valence-electron chi connectivity index (χ4n) is 2.47.